The standard InChI is InChI=1S/C16H26N2O2/c1-10(2)8-12(4)20-13(5)16(19)18-15-9-14(17)7-6-11(15)3/h6-7,9-10,12-13H,8,17H2,1-5H3,(H,18,19). The normalized spacial score (nSPS) is 14.1. The molecule has 0 aliphatic heterocycles. The van der Waals surface area contributed by atoms with Crippen LogP contribution in [0.25, 0.3) is 0 Å². The van der Waals surface area contributed by atoms with Crippen molar-refractivity contribution in [2.24, 2.45) is 5.92 Å². The number of ether oxygens (including phenoxy) is 1. The van der Waals surface area contributed by atoms with Crippen LogP contribution in [0.15, 0.2) is 18.2 Å². The highest BCUT2D eigenvalue weighted by molar-refractivity contribution is 5.95. The van der Waals surface area contributed by atoms with E-state index >= 15 is 0 Å². The maximum Gasteiger partial charge on any atom is 0.253 e. The zero-order valence-electron chi connectivity index (χ0n) is 13.1. The molecule has 2 atom stereocenters. The Labute approximate surface area is 121 Å². The molecular weight excluding hydrogens is 252 g/mol. The Kier molecular flexibility index (Phi) is 6.02. The number of carbonyl (C=O) groups excluding carboxylic acids is 1. The lowest BCUT2D eigenvalue weighted by atomic mass is 10.1. The van der Waals surface area contributed by atoms with Crippen molar-refractivity contribution in [3.8, 4) is 0 Å². The molecule has 0 saturated heterocycles. The number of hydrogen-bond donors (Lipinski definition) is 2. The van der Waals surface area contributed by atoms with Crippen LogP contribution in [0.4, 0.5) is 11.4 Å². The summed E-state index contributed by atoms with van der Waals surface area (Å²) in [4.78, 5) is 12.1. The van der Waals surface area contributed by atoms with E-state index in [2.05, 4.69) is 19.2 Å². The summed E-state index contributed by atoms with van der Waals surface area (Å²) in [6.07, 6.45) is 0.525. The Balaban J connectivity index is 2.59. The average Bonchev–Trinajstić information content (AvgIpc) is 2.32. The molecule has 0 aliphatic carbocycles. The van der Waals surface area contributed by atoms with Crippen LogP contribution in [-0.4, -0.2) is 18.1 Å². The summed E-state index contributed by atoms with van der Waals surface area (Å²) in [5.74, 6) is 0.408. The van der Waals surface area contributed by atoms with Crippen molar-refractivity contribution in [3.63, 3.8) is 0 Å². The van der Waals surface area contributed by atoms with E-state index in [4.69, 9.17) is 10.5 Å². The van der Waals surface area contributed by atoms with Gasteiger partial charge in [0.05, 0.1) is 6.10 Å². The van der Waals surface area contributed by atoms with Crippen molar-refractivity contribution in [2.45, 2.75) is 53.2 Å². The largest absolute Gasteiger partial charge is 0.399 e. The van der Waals surface area contributed by atoms with Crippen molar-refractivity contribution >= 4 is 17.3 Å². The summed E-state index contributed by atoms with van der Waals surface area (Å²) in [6, 6.07) is 5.46. The lowest BCUT2D eigenvalue weighted by molar-refractivity contribution is -0.129. The summed E-state index contributed by atoms with van der Waals surface area (Å²) >= 11 is 0. The summed E-state index contributed by atoms with van der Waals surface area (Å²) < 4.78 is 5.72. The van der Waals surface area contributed by atoms with Gasteiger partial charge in [0.25, 0.3) is 5.91 Å². The molecular formula is C16H26N2O2. The van der Waals surface area contributed by atoms with E-state index in [9.17, 15) is 4.79 Å². The van der Waals surface area contributed by atoms with E-state index in [-0.39, 0.29) is 12.0 Å². The quantitative estimate of drug-likeness (QED) is 0.784. The summed E-state index contributed by atoms with van der Waals surface area (Å²) in [5.41, 5.74) is 8.08. The number of hydrogen-bond acceptors (Lipinski definition) is 3. The topological polar surface area (TPSA) is 64.3 Å². The molecule has 4 nitrogen and oxygen atoms in total. The Morgan fingerprint density at radius 3 is 2.55 bits per heavy atom. The highest BCUT2D eigenvalue weighted by Crippen LogP contribution is 2.19. The van der Waals surface area contributed by atoms with Gasteiger partial charge in [0.1, 0.15) is 6.10 Å². The summed E-state index contributed by atoms with van der Waals surface area (Å²) in [7, 11) is 0. The fourth-order valence-corrected chi connectivity index (χ4v) is 2.14. The van der Waals surface area contributed by atoms with Gasteiger partial charge in [0.15, 0.2) is 0 Å². The van der Waals surface area contributed by atoms with Crippen molar-refractivity contribution in [3.05, 3.63) is 23.8 Å². The van der Waals surface area contributed by atoms with Crippen molar-refractivity contribution in [2.75, 3.05) is 11.1 Å². The zero-order valence-corrected chi connectivity index (χ0v) is 13.1. The molecule has 1 amide bonds. The molecule has 0 aliphatic rings. The molecule has 1 aromatic carbocycles. The SMILES string of the molecule is Cc1ccc(N)cc1NC(=O)C(C)OC(C)CC(C)C. The fourth-order valence-electron chi connectivity index (χ4n) is 2.14. The van der Waals surface area contributed by atoms with E-state index in [0.29, 0.717) is 11.6 Å². The molecule has 0 aromatic heterocycles. The molecule has 4 heteroatoms. The number of aryl methyl sites for hydroxylation is 1. The minimum absolute atomic E-state index is 0.0673. The molecule has 1 rings (SSSR count). The molecule has 0 radical (unpaired) electrons. The first-order valence-electron chi connectivity index (χ1n) is 7.12. The van der Waals surface area contributed by atoms with Gasteiger partial charge < -0.3 is 15.8 Å². The first-order valence-corrected chi connectivity index (χ1v) is 7.12. The first-order chi connectivity index (χ1) is 9.29. The van der Waals surface area contributed by atoms with Gasteiger partial charge in [-0.2, -0.15) is 0 Å². The summed E-state index contributed by atoms with van der Waals surface area (Å²) in [6.45, 7) is 9.98. The van der Waals surface area contributed by atoms with E-state index < -0.39 is 6.10 Å². The second-order valence-electron chi connectivity index (χ2n) is 5.78. The van der Waals surface area contributed by atoms with Crippen LogP contribution in [0.1, 0.15) is 39.7 Å². The molecule has 0 fully saturated rings. The van der Waals surface area contributed by atoms with Crippen LogP contribution in [0.3, 0.4) is 0 Å². The number of anilines is 2. The van der Waals surface area contributed by atoms with Crippen LogP contribution in [0, 0.1) is 12.8 Å². The highest BCUT2D eigenvalue weighted by atomic mass is 16.5. The number of rotatable bonds is 6. The molecule has 1 aromatic rings. The van der Waals surface area contributed by atoms with Crippen LogP contribution >= 0.6 is 0 Å². The molecule has 0 spiro atoms. The number of amides is 1. The second-order valence-corrected chi connectivity index (χ2v) is 5.78. The number of benzene rings is 1. The number of nitrogen functional groups attached to an aromatic ring is 1. The monoisotopic (exact) mass is 278 g/mol. The zero-order chi connectivity index (χ0) is 15.3. The number of nitrogens with two attached hydrogens (primary N) is 1. The maximum absolute atomic E-state index is 12.1. The van der Waals surface area contributed by atoms with Gasteiger partial charge in [0.2, 0.25) is 0 Å². The van der Waals surface area contributed by atoms with E-state index in [0.717, 1.165) is 17.7 Å². The average molecular weight is 278 g/mol. The van der Waals surface area contributed by atoms with Gasteiger partial charge in [0, 0.05) is 11.4 Å². The van der Waals surface area contributed by atoms with Crippen LogP contribution in [0.5, 0.6) is 0 Å². The minimum Gasteiger partial charge on any atom is -0.399 e. The van der Waals surface area contributed by atoms with Crippen LogP contribution < -0.4 is 11.1 Å². The Morgan fingerprint density at radius 1 is 1.30 bits per heavy atom. The smallest absolute Gasteiger partial charge is 0.253 e. The lowest BCUT2D eigenvalue weighted by Crippen LogP contribution is -2.31. The third-order valence-corrected chi connectivity index (χ3v) is 3.13. The van der Waals surface area contributed by atoms with Crippen molar-refractivity contribution < 1.29 is 9.53 Å². The van der Waals surface area contributed by atoms with Crippen LogP contribution in [-0.2, 0) is 9.53 Å². The maximum atomic E-state index is 12.1. The molecule has 0 heterocycles. The Morgan fingerprint density at radius 2 is 1.95 bits per heavy atom. The van der Waals surface area contributed by atoms with E-state index in [1.807, 2.05) is 26.0 Å². The number of nitrogens with one attached hydrogen (secondary N) is 1. The predicted octanol–water partition coefficient (Wildman–Crippen LogP) is 3.36. The van der Waals surface area contributed by atoms with Crippen molar-refractivity contribution in [1.29, 1.82) is 0 Å². The fraction of sp³-hybridized carbons (Fsp3) is 0.562. The molecule has 2 unspecified atom stereocenters. The molecule has 0 saturated carbocycles. The minimum atomic E-state index is -0.482. The van der Waals surface area contributed by atoms with E-state index in [1.165, 1.54) is 0 Å². The van der Waals surface area contributed by atoms with Gasteiger partial charge in [-0.05, 0) is 50.8 Å². The highest BCUT2D eigenvalue weighted by Gasteiger charge is 2.18. The van der Waals surface area contributed by atoms with Gasteiger partial charge in [-0.15, -0.1) is 0 Å². The van der Waals surface area contributed by atoms with Crippen molar-refractivity contribution in [1.82, 2.24) is 0 Å². The molecule has 3 N–H and O–H groups in total. The van der Waals surface area contributed by atoms with Gasteiger partial charge in [-0.1, -0.05) is 19.9 Å². The molecule has 0 bridgehead atoms. The first kappa shape index (κ1) is 16.5. The predicted molar refractivity (Wildman–Crippen MR) is 83.7 cm³/mol. The second kappa shape index (κ2) is 7.29. The van der Waals surface area contributed by atoms with Gasteiger partial charge in [-0.3, -0.25) is 4.79 Å². The van der Waals surface area contributed by atoms with Gasteiger partial charge >= 0.3 is 0 Å². The third-order valence-electron chi connectivity index (χ3n) is 3.13. The Hall–Kier alpha value is -1.55. The Bertz CT molecular complexity index is 458. The molecule has 112 valence electrons. The number of carbonyl (C=O) groups is 1. The lowest BCUT2D eigenvalue weighted by Gasteiger charge is -2.20. The third kappa shape index (κ3) is 5.21. The van der Waals surface area contributed by atoms with Gasteiger partial charge in [-0.25, -0.2) is 0 Å². The van der Waals surface area contributed by atoms with Crippen LogP contribution in [0.2, 0.25) is 0 Å². The van der Waals surface area contributed by atoms with E-state index in [1.54, 1.807) is 13.0 Å². The summed E-state index contributed by atoms with van der Waals surface area (Å²) in [5, 5.41) is 2.87. The molecule has 20 heavy (non-hydrogen) atoms.